The molecule has 1 aromatic carbocycles. The van der Waals surface area contributed by atoms with Crippen LogP contribution in [0.25, 0.3) is 5.65 Å². The summed E-state index contributed by atoms with van der Waals surface area (Å²) in [6.07, 6.45) is 1.79. The van der Waals surface area contributed by atoms with Gasteiger partial charge in [0.25, 0.3) is 0 Å². The normalized spacial score (nSPS) is 11.1. The monoisotopic (exact) mass is 373 g/mol. The van der Waals surface area contributed by atoms with Crippen LogP contribution in [-0.2, 0) is 13.1 Å². The summed E-state index contributed by atoms with van der Waals surface area (Å²) in [5, 5.41) is 20.2. The second-order valence-corrected chi connectivity index (χ2v) is 6.91. The van der Waals surface area contributed by atoms with Gasteiger partial charge in [0, 0.05) is 24.7 Å². The first-order chi connectivity index (χ1) is 13.7. The van der Waals surface area contributed by atoms with Crippen LogP contribution < -0.4 is 10.6 Å². The van der Waals surface area contributed by atoms with E-state index < -0.39 is 0 Å². The minimum atomic E-state index is 0.218. The standard InChI is InChI=1S/C21H23N7/c1-15(2)20-25-26-21-18(23-14-17-10-6-7-11-22-17)12-19(27-28(20)21)24-13-16-8-4-3-5-9-16/h3-12,15,23H,13-14H2,1-2H3,(H,24,27). The smallest absolute Gasteiger partial charge is 0.201 e. The van der Waals surface area contributed by atoms with Gasteiger partial charge in [0.2, 0.25) is 5.65 Å². The number of nitrogens with one attached hydrogen (secondary N) is 2. The quantitative estimate of drug-likeness (QED) is 0.512. The molecular formula is C21H23N7. The minimum absolute atomic E-state index is 0.218. The van der Waals surface area contributed by atoms with E-state index in [0.29, 0.717) is 18.7 Å². The molecule has 0 saturated heterocycles. The van der Waals surface area contributed by atoms with Crippen LogP contribution in [0.15, 0.2) is 60.8 Å². The van der Waals surface area contributed by atoms with Crippen LogP contribution in [0.5, 0.6) is 0 Å². The maximum absolute atomic E-state index is 4.71. The number of anilines is 2. The van der Waals surface area contributed by atoms with Gasteiger partial charge in [-0.1, -0.05) is 50.2 Å². The summed E-state index contributed by atoms with van der Waals surface area (Å²) < 4.78 is 1.82. The van der Waals surface area contributed by atoms with E-state index in [2.05, 4.69) is 51.8 Å². The molecule has 0 spiro atoms. The van der Waals surface area contributed by atoms with Gasteiger partial charge >= 0.3 is 0 Å². The molecule has 142 valence electrons. The summed E-state index contributed by atoms with van der Waals surface area (Å²) in [7, 11) is 0. The lowest BCUT2D eigenvalue weighted by Gasteiger charge is -2.12. The van der Waals surface area contributed by atoms with E-state index in [-0.39, 0.29) is 5.92 Å². The zero-order valence-corrected chi connectivity index (χ0v) is 16.0. The summed E-state index contributed by atoms with van der Waals surface area (Å²) in [6.45, 7) is 5.47. The molecule has 0 unspecified atom stereocenters. The fraction of sp³-hybridized carbons (Fsp3) is 0.238. The molecule has 2 N–H and O–H groups in total. The average molecular weight is 373 g/mol. The highest BCUT2D eigenvalue weighted by molar-refractivity contribution is 5.70. The number of hydrogen-bond donors (Lipinski definition) is 2. The Morgan fingerprint density at radius 3 is 2.50 bits per heavy atom. The van der Waals surface area contributed by atoms with Gasteiger partial charge in [-0.25, -0.2) is 0 Å². The fourth-order valence-electron chi connectivity index (χ4n) is 2.95. The highest BCUT2D eigenvalue weighted by atomic mass is 15.4. The third-order valence-electron chi connectivity index (χ3n) is 4.41. The number of nitrogens with zero attached hydrogens (tertiary/aromatic N) is 5. The van der Waals surface area contributed by atoms with Crippen molar-refractivity contribution in [2.75, 3.05) is 10.6 Å². The van der Waals surface area contributed by atoms with Gasteiger partial charge in [0.05, 0.1) is 17.9 Å². The number of hydrogen-bond acceptors (Lipinski definition) is 6. The van der Waals surface area contributed by atoms with Crippen LogP contribution in [0.3, 0.4) is 0 Å². The van der Waals surface area contributed by atoms with Crippen molar-refractivity contribution in [3.05, 3.63) is 77.9 Å². The SMILES string of the molecule is CC(C)c1nnc2c(NCc3ccccn3)cc(NCc3ccccc3)nn12. The number of fused-ring (bicyclic) bond motifs is 1. The molecule has 3 aromatic heterocycles. The summed E-state index contributed by atoms with van der Waals surface area (Å²) in [5.41, 5.74) is 3.74. The Morgan fingerprint density at radius 2 is 1.75 bits per heavy atom. The lowest BCUT2D eigenvalue weighted by Crippen LogP contribution is -2.10. The summed E-state index contributed by atoms with van der Waals surface area (Å²) in [5.74, 6) is 1.82. The summed E-state index contributed by atoms with van der Waals surface area (Å²) >= 11 is 0. The first-order valence-electron chi connectivity index (χ1n) is 9.38. The van der Waals surface area contributed by atoms with Gasteiger partial charge in [-0.15, -0.1) is 15.3 Å². The highest BCUT2D eigenvalue weighted by Crippen LogP contribution is 2.23. The Hall–Kier alpha value is -3.48. The van der Waals surface area contributed by atoms with E-state index in [1.807, 2.05) is 47.0 Å². The highest BCUT2D eigenvalue weighted by Gasteiger charge is 2.15. The van der Waals surface area contributed by atoms with Crippen LogP contribution in [0.1, 0.15) is 36.8 Å². The van der Waals surface area contributed by atoms with Crippen molar-refractivity contribution in [3.63, 3.8) is 0 Å². The largest absolute Gasteiger partial charge is 0.376 e. The van der Waals surface area contributed by atoms with E-state index in [0.717, 1.165) is 23.0 Å². The minimum Gasteiger partial charge on any atom is -0.376 e. The van der Waals surface area contributed by atoms with Gasteiger partial charge in [-0.05, 0) is 17.7 Å². The molecule has 4 aromatic rings. The van der Waals surface area contributed by atoms with Gasteiger partial charge in [-0.2, -0.15) is 4.52 Å². The average Bonchev–Trinajstić information content (AvgIpc) is 3.16. The Balaban J connectivity index is 1.64. The predicted molar refractivity (Wildman–Crippen MR) is 110 cm³/mol. The van der Waals surface area contributed by atoms with Crippen molar-refractivity contribution in [2.45, 2.75) is 32.9 Å². The second-order valence-electron chi connectivity index (χ2n) is 6.91. The van der Waals surface area contributed by atoms with Crippen LogP contribution >= 0.6 is 0 Å². The van der Waals surface area contributed by atoms with Crippen molar-refractivity contribution in [1.82, 2.24) is 24.8 Å². The predicted octanol–water partition coefficient (Wildman–Crippen LogP) is 3.87. The Bertz CT molecular complexity index is 1040. The zero-order valence-electron chi connectivity index (χ0n) is 16.0. The molecule has 0 fully saturated rings. The topological polar surface area (TPSA) is 80.0 Å². The molecule has 4 rings (SSSR count). The molecule has 0 saturated carbocycles. The summed E-state index contributed by atoms with van der Waals surface area (Å²) in [4.78, 5) is 4.37. The lowest BCUT2D eigenvalue weighted by atomic mass is 10.2. The molecule has 28 heavy (non-hydrogen) atoms. The molecule has 0 aliphatic heterocycles. The number of pyridine rings is 1. The number of benzene rings is 1. The Labute approximate surface area is 163 Å². The van der Waals surface area contributed by atoms with Crippen LogP contribution in [-0.4, -0.2) is 24.8 Å². The molecule has 0 atom stereocenters. The van der Waals surface area contributed by atoms with Crippen molar-refractivity contribution in [1.29, 1.82) is 0 Å². The molecule has 0 amide bonds. The van der Waals surface area contributed by atoms with Gasteiger partial charge in [-0.3, -0.25) is 4.98 Å². The molecule has 7 nitrogen and oxygen atoms in total. The second kappa shape index (κ2) is 8.04. The van der Waals surface area contributed by atoms with E-state index in [1.165, 1.54) is 5.56 Å². The van der Waals surface area contributed by atoms with Crippen molar-refractivity contribution < 1.29 is 0 Å². The van der Waals surface area contributed by atoms with Crippen LogP contribution in [0.2, 0.25) is 0 Å². The Morgan fingerprint density at radius 1 is 0.929 bits per heavy atom. The third-order valence-corrected chi connectivity index (χ3v) is 4.41. The molecule has 0 aliphatic carbocycles. The number of aromatic nitrogens is 5. The molecule has 3 heterocycles. The first kappa shape index (κ1) is 17.9. The van der Waals surface area contributed by atoms with E-state index in [1.54, 1.807) is 6.20 Å². The number of rotatable bonds is 7. The van der Waals surface area contributed by atoms with Crippen LogP contribution in [0.4, 0.5) is 11.5 Å². The molecule has 7 heteroatoms. The maximum Gasteiger partial charge on any atom is 0.201 e. The zero-order chi connectivity index (χ0) is 19.3. The lowest BCUT2D eigenvalue weighted by molar-refractivity contribution is 0.721. The van der Waals surface area contributed by atoms with E-state index in [9.17, 15) is 0 Å². The van der Waals surface area contributed by atoms with E-state index in [4.69, 9.17) is 5.10 Å². The van der Waals surface area contributed by atoms with Crippen molar-refractivity contribution in [2.24, 2.45) is 0 Å². The molecule has 0 aliphatic rings. The molecular weight excluding hydrogens is 350 g/mol. The van der Waals surface area contributed by atoms with Crippen LogP contribution in [0, 0.1) is 0 Å². The van der Waals surface area contributed by atoms with Gasteiger partial charge in [0.1, 0.15) is 5.82 Å². The Kier molecular flexibility index (Phi) is 5.14. The third kappa shape index (κ3) is 3.93. The molecule has 0 radical (unpaired) electrons. The van der Waals surface area contributed by atoms with Crippen molar-refractivity contribution >= 4 is 17.2 Å². The first-order valence-corrected chi connectivity index (χ1v) is 9.38. The van der Waals surface area contributed by atoms with Gasteiger partial charge < -0.3 is 10.6 Å². The van der Waals surface area contributed by atoms with Crippen molar-refractivity contribution in [3.8, 4) is 0 Å². The molecule has 0 bridgehead atoms. The fourth-order valence-corrected chi connectivity index (χ4v) is 2.95. The maximum atomic E-state index is 4.71. The van der Waals surface area contributed by atoms with Gasteiger partial charge in [0.15, 0.2) is 5.82 Å². The van der Waals surface area contributed by atoms with E-state index >= 15 is 0 Å². The summed E-state index contributed by atoms with van der Waals surface area (Å²) in [6, 6.07) is 18.1.